The molecule has 0 aromatic carbocycles. The molecule has 1 heterocycles. The highest BCUT2D eigenvalue weighted by atomic mass is 16.1. The molecule has 1 aromatic rings. The molecule has 0 aliphatic carbocycles. The lowest BCUT2D eigenvalue weighted by Crippen LogP contribution is -2.24. The summed E-state index contributed by atoms with van der Waals surface area (Å²) in [5, 5.41) is 7.25. The van der Waals surface area contributed by atoms with Crippen molar-refractivity contribution in [3.63, 3.8) is 0 Å². The number of nitrogens with one attached hydrogen (secondary N) is 1. The van der Waals surface area contributed by atoms with Gasteiger partial charge in [-0.1, -0.05) is 0 Å². The molecule has 0 saturated carbocycles. The minimum absolute atomic E-state index is 0.0605. The highest BCUT2D eigenvalue weighted by Crippen LogP contribution is 2.25. The van der Waals surface area contributed by atoms with E-state index < -0.39 is 0 Å². The van der Waals surface area contributed by atoms with E-state index in [2.05, 4.69) is 31.2 Å². The number of hydrogen-bond donors (Lipinski definition) is 1. The number of amides is 1. The Bertz CT molecular complexity index is 385. The number of hydrogen-bond acceptors (Lipinski definition) is 2. The van der Waals surface area contributed by atoms with Gasteiger partial charge in [-0.05, 0) is 34.6 Å². The quantitative estimate of drug-likeness (QED) is 0.770. The van der Waals surface area contributed by atoms with Gasteiger partial charge in [0, 0.05) is 6.92 Å². The van der Waals surface area contributed by atoms with Crippen LogP contribution in [0.1, 0.15) is 39.1 Å². The zero-order chi connectivity index (χ0) is 11.8. The van der Waals surface area contributed by atoms with Crippen LogP contribution >= 0.6 is 0 Å². The van der Waals surface area contributed by atoms with E-state index in [4.69, 9.17) is 0 Å². The lowest BCUT2D eigenvalue weighted by Gasteiger charge is -2.21. The highest BCUT2D eigenvalue weighted by Gasteiger charge is 2.20. The first-order valence-corrected chi connectivity index (χ1v) is 5.07. The van der Waals surface area contributed by atoms with Crippen molar-refractivity contribution in [3.8, 4) is 0 Å². The largest absolute Gasteiger partial charge is 0.323 e. The molecule has 15 heavy (non-hydrogen) atoms. The monoisotopic (exact) mass is 209 g/mol. The molecule has 4 nitrogen and oxygen atoms in total. The molecule has 0 aliphatic rings. The van der Waals surface area contributed by atoms with Crippen molar-refractivity contribution < 1.29 is 4.79 Å². The van der Waals surface area contributed by atoms with Crippen LogP contribution in [0.3, 0.4) is 0 Å². The molecule has 84 valence electrons. The molecule has 0 spiro atoms. The van der Waals surface area contributed by atoms with E-state index in [0.717, 1.165) is 17.1 Å². The Balaban J connectivity index is 3.21. The molecule has 1 rings (SSSR count). The SMILES string of the molecule is CC(=O)Nc1c(C)nn(C(C)(C)C)c1C. The molecule has 0 fully saturated rings. The van der Waals surface area contributed by atoms with Crippen LogP contribution in [0, 0.1) is 13.8 Å². The molecular weight excluding hydrogens is 190 g/mol. The van der Waals surface area contributed by atoms with Crippen LogP contribution in [0.25, 0.3) is 0 Å². The van der Waals surface area contributed by atoms with E-state index in [1.54, 1.807) is 0 Å². The maximum absolute atomic E-state index is 11.0. The fourth-order valence-electron chi connectivity index (χ4n) is 1.65. The van der Waals surface area contributed by atoms with Crippen LogP contribution in [0.5, 0.6) is 0 Å². The molecule has 4 heteroatoms. The summed E-state index contributed by atoms with van der Waals surface area (Å²) in [6.45, 7) is 11.6. The third-order valence-corrected chi connectivity index (χ3v) is 2.23. The number of anilines is 1. The third-order valence-electron chi connectivity index (χ3n) is 2.23. The zero-order valence-corrected chi connectivity index (χ0v) is 10.3. The number of aromatic nitrogens is 2. The number of aryl methyl sites for hydroxylation is 1. The Kier molecular flexibility index (Phi) is 2.88. The average molecular weight is 209 g/mol. The molecule has 0 atom stereocenters. The van der Waals surface area contributed by atoms with Crippen LogP contribution in [-0.2, 0) is 10.3 Å². The maximum Gasteiger partial charge on any atom is 0.221 e. The van der Waals surface area contributed by atoms with Crippen molar-refractivity contribution in [2.45, 2.75) is 47.1 Å². The lowest BCUT2D eigenvalue weighted by atomic mass is 10.1. The van der Waals surface area contributed by atoms with Crippen LogP contribution in [-0.4, -0.2) is 15.7 Å². The standard InChI is InChI=1S/C11H19N3O/c1-7-10(12-9(3)15)8(2)14(13-7)11(4,5)6/h1-6H3,(H,12,15). The van der Waals surface area contributed by atoms with Gasteiger partial charge in [0.15, 0.2) is 0 Å². The number of carbonyl (C=O) groups is 1. The van der Waals surface area contributed by atoms with Gasteiger partial charge in [-0.3, -0.25) is 9.48 Å². The van der Waals surface area contributed by atoms with E-state index in [1.807, 2.05) is 18.5 Å². The minimum Gasteiger partial charge on any atom is -0.323 e. The first-order chi connectivity index (χ1) is 6.73. The third kappa shape index (κ3) is 2.37. The Morgan fingerprint density at radius 2 is 1.87 bits per heavy atom. The van der Waals surface area contributed by atoms with Crippen LogP contribution in [0.2, 0.25) is 0 Å². The van der Waals surface area contributed by atoms with E-state index >= 15 is 0 Å². The van der Waals surface area contributed by atoms with Crippen LogP contribution in [0.15, 0.2) is 0 Å². The second kappa shape index (κ2) is 3.68. The fraction of sp³-hybridized carbons (Fsp3) is 0.636. The van der Waals surface area contributed by atoms with Gasteiger partial charge >= 0.3 is 0 Å². The Morgan fingerprint density at radius 1 is 1.33 bits per heavy atom. The van der Waals surface area contributed by atoms with Crippen molar-refractivity contribution in [2.24, 2.45) is 0 Å². The van der Waals surface area contributed by atoms with Gasteiger partial charge in [0.05, 0.1) is 22.6 Å². The van der Waals surface area contributed by atoms with Gasteiger partial charge in [-0.2, -0.15) is 5.10 Å². The van der Waals surface area contributed by atoms with Crippen molar-refractivity contribution in [1.82, 2.24) is 9.78 Å². The molecule has 0 aliphatic heterocycles. The number of carbonyl (C=O) groups excluding carboxylic acids is 1. The Morgan fingerprint density at radius 3 is 2.20 bits per heavy atom. The summed E-state index contributed by atoms with van der Waals surface area (Å²) < 4.78 is 1.94. The smallest absolute Gasteiger partial charge is 0.221 e. The summed E-state index contributed by atoms with van der Waals surface area (Å²) in [6, 6.07) is 0. The first kappa shape index (κ1) is 11.8. The van der Waals surface area contributed by atoms with Crippen molar-refractivity contribution in [2.75, 3.05) is 5.32 Å². The Labute approximate surface area is 90.7 Å². The second-order valence-corrected chi connectivity index (χ2v) is 4.81. The predicted molar refractivity (Wildman–Crippen MR) is 61.0 cm³/mol. The van der Waals surface area contributed by atoms with E-state index in [1.165, 1.54) is 6.92 Å². The topological polar surface area (TPSA) is 46.9 Å². The molecule has 0 bridgehead atoms. The fourth-order valence-corrected chi connectivity index (χ4v) is 1.65. The molecule has 1 aromatic heterocycles. The Hall–Kier alpha value is -1.32. The maximum atomic E-state index is 11.0. The summed E-state index contributed by atoms with van der Waals surface area (Å²) in [5.41, 5.74) is 2.62. The zero-order valence-electron chi connectivity index (χ0n) is 10.3. The van der Waals surface area contributed by atoms with Crippen LogP contribution in [0.4, 0.5) is 5.69 Å². The lowest BCUT2D eigenvalue weighted by molar-refractivity contribution is -0.114. The minimum atomic E-state index is -0.0639. The van der Waals surface area contributed by atoms with Gasteiger partial charge in [-0.25, -0.2) is 0 Å². The van der Waals surface area contributed by atoms with Gasteiger partial charge in [0.25, 0.3) is 0 Å². The number of nitrogens with zero attached hydrogens (tertiary/aromatic N) is 2. The molecule has 1 N–H and O–H groups in total. The average Bonchev–Trinajstić information content (AvgIpc) is 2.30. The molecular formula is C11H19N3O. The summed E-state index contributed by atoms with van der Waals surface area (Å²) in [4.78, 5) is 11.0. The van der Waals surface area contributed by atoms with Crippen molar-refractivity contribution in [1.29, 1.82) is 0 Å². The van der Waals surface area contributed by atoms with E-state index in [9.17, 15) is 4.79 Å². The summed E-state index contributed by atoms with van der Waals surface area (Å²) in [7, 11) is 0. The first-order valence-electron chi connectivity index (χ1n) is 5.07. The highest BCUT2D eigenvalue weighted by molar-refractivity contribution is 5.89. The predicted octanol–water partition coefficient (Wildman–Crippen LogP) is 2.21. The van der Waals surface area contributed by atoms with Gasteiger partial charge in [0.2, 0.25) is 5.91 Å². The van der Waals surface area contributed by atoms with E-state index in [0.29, 0.717) is 0 Å². The second-order valence-electron chi connectivity index (χ2n) is 4.81. The van der Waals surface area contributed by atoms with Crippen molar-refractivity contribution >= 4 is 11.6 Å². The molecule has 0 saturated heterocycles. The summed E-state index contributed by atoms with van der Waals surface area (Å²) in [5.74, 6) is -0.0605. The van der Waals surface area contributed by atoms with Crippen LogP contribution < -0.4 is 5.32 Å². The molecule has 0 unspecified atom stereocenters. The number of rotatable bonds is 1. The van der Waals surface area contributed by atoms with Crippen molar-refractivity contribution in [3.05, 3.63) is 11.4 Å². The normalized spacial score (nSPS) is 11.6. The van der Waals surface area contributed by atoms with Gasteiger partial charge in [0.1, 0.15) is 0 Å². The van der Waals surface area contributed by atoms with Gasteiger partial charge in [-0.15, -0.1) is 0 Å². The molecule has 0 radical (unpaired) electrons. The van der Waals surface area contributed by atoms with E-state index in [-0.39, 0.29) is 11.4 Å². The molecule has 1 amide bonds. The summed E-state index contributed by atoms with van der Waals surface area (Å²) >= 11 is 0. The summed E-state index contributed by atoms with van der Waals surface area (Å²) in [6.07, 6.45) is 0. The van der Waals surface area contributed by atoms with Gasteiger partial charge < -0.3 is 5.32 Å².